The van der Waals surface area contributed by atoms with Crippen molar-refractivity contribution < 1.29 is 8.42 Å². The summed E-state index contributed by atoms with van der Waals surface area (Å²) in [4.78, 5) is 2.52. The van der Waals surface area contributed by atoms with Crippen LogP contribution in [0.3, 0.4) is 0 Å². The van der Waals surface area contributed by atoms with Gasteiger partial charge in [-0.15, -0.1) is 0 Å². The van der Waals surface area contributed by atoms with Crippen molar-refractivity contribution in [2.45, 2.75) is 30.6 Å². The second-order valence-corrected chi connectivity index (χ2v) is 8.13. The molecule has 0 atom stereocenters. The van der Waals surface area contributed by atoms with Gasteiger partial charge < -0.3 is 4.90 Å². The third kappa shape index (κ3) is 4.22. The Balaban J connectivity index is 1.74. The van der Waals surface area contributed by atoms with Crippen LogP contribution < -0.4 is 9.62 Å². The molecule has 0 spiro atoms. The van der Waals surface area contributed by atoms with Gasteiger partial charge in [-0.2, -0.15) is 0 Å². The number of halogens is 1. The van der Waals surface area contributed by atoms with E-state index in [1.807, 2.05) is 24.3 Å². The van der Waals surface area contributed by atoms with E-state index in [0.29, 0.717) is 10.7 Å². The van der Waals surface area contributed by atoms with Gasteiger partial charge >= 0.3 is 0 Å². The molecule has 4 nitrogen and oxygen atoms in total. The second-order valence-electron chi connectivity index (χ2n) is 6.01. The van der Waals surface area contributed by atoms with Gasteiger partial charge in [-0.3, -0.25) is 4.72 Å². The van der Waals surface area contributed by atoms with Gasteiger partial charge in [0.15, 0.2) is 0 Å². The minimum Gasteiger partial charge on any atom is -0.372 e. The van der Waals surface area contributed by atoms with Gasteiger partial charge in [0, 0.05) is 29.5 Å². The summed E-state index contributed by atoms with van der Waals surface area (Å²) in [6.07, 6.45) is 4.99. The number of nitrogens with zero attached hydrogens (tertiary/aromatic N) is 1. The van der Waals surface area contributed by atoms with Crippen LogP contribution in [0.4, 0.5) is 11.4 Å². The van der Waals surface area contributed by atoms with Crippen molar-refractivity contribution >= 4 is 33.0 Å². The summed E-state index contributed by atoms with van der Waals surface area (Å²) < 4.78 is 27.4. The minimum atomic E-state index is -3.63. The zero-order valence-electron chi connectivity index (χ0n) is 13.4. The molecule has 1 N–H and O–H groups in total. The highest BCUT2D eigenvalue weighted by molar-refractivity contribution is 7.92. The highest BCUT2D eigenvalue weighted by Crippen LogP contribution is 2.24. The standard InChI is InChI=1S/C18H21ClN2O2S/c19-15-6-5-7-18(14-15)24(22,23)20-16-8-10-17(11-9-16)21-12-3-1-2-4-13-21/h5-11,14,20H,1-4,12-13H2. The molecule has 0 aliphatic carbocycles. The summed E-state index contributed by atoms with van der Waals surface area (Å²) in [7, 11) is -3.63. The smallest absolute Gasteiger partial charge is 0.261 e. The fourth-order valence-electron chi connectivity index (χ4n) is 2.92. The molecule has 128 valence electrons. The number of sulfonamides is 1. The number of hydrogen-bond acceptors (Lipinski definition) is 3. The molecular weight excluding hydrogens is 344 g/mol. The van der Waals surface area contributed by atoms with E-state index in [2.05, 4.69) is 9.62 Å². The molecular formula is C18H21ClN2O2S. The summed E-state index contributed by atoms with van der Waals surface area (Å²) in [5.74, 6) is 0. The molecule has 1 heterocycles. The first-order chi connectivity index (χ1) is 11.5. The molecule has 0 radical (unpaired) electrons. The fraction of sp³-hybridized carbons (Fsp3) is 0.333. The molecule has 0 amide bonds. The Morgan fingerprint density at radius 2 is 1.58 bits per heavy atom. The Morgan fingerprint density at radius 3 is 2.21 bits per heavy atom. The summed E-state index contributed by atoms with van der Waals surface area (Å²) in [5, 5.41) is 0.398. The summed E-state index contributed by atoms with van der Waals surface area (Å²) in [5.41, 5.74) is 1.69. The van der Waals surface area contributed by atoms with E-state index in [-0.39, 0.29) is 4.90 Å². The van der Waals surface area contributed by atoms with Crippen molar-refractivity contribution in [2.75, 3.05) is 22.7 Å². The predicted molar refractivity (Wildman–Crippen MR) is 99.4 cm³/mol. The number of anilines is 2. The second kappa shape index (κ2) is 7.45. The molecule has 1 aliphatic rings. The molecule has 1 aliphatic heterocycles. The molecule has 0 bridgehead atoms. The lowest BCUT2D eigenvalue weighted by atomic mass is 10.2. The highest BCUT2D eigenvalue weighted by atomic mass is 35.5. The van der Waals surface area contributed by atoms with Crippen molar-refractivity contribution in [1.29, 1.82) is 0 Å². The van der Waals surface area contributed by atoms with Crippen LogP contribution in [0.1, 0.15) is 25.7 Å². The molecule has 0 unspecified atom stereocenters. The first kappa shape index (κ1) is 17.1. The number of hydrogen-bond donors (Lipinski definition) is 1. The van der Waals surface area contributed by atoms with E-state index in [4.69, 9.17) is 11.6 Å². The third-order valence-corrected chi connectivity index (χ3v) is 5.81. The summed E-state index contributed by atoms with van der Waals surface area (Å²) in [6.45, 7) is 2.13. The zero-order valence-corrected chi connectivity index (χ0v) is 15.0. The topological polar surface area (TPSA) is 49.4 Å². The Kier molecular flexibility index (Phi) is 5.31. The van der Waals surface area contributed by atoms with Crippen molar-refractivity contribution in [3.8, 4) is 0 Å². The van der Waals surface area contributed by atoms with Crippen molar-refractivity contribution in [1.82, 2.24) is 0 Å². The lowest BCUT2D eigenvalue weighted by molar-refractivity contribution is 0.601. The van der Waals surface area contributed by atoms with E-state index >= 15 is 0 Å². The van der Waals surface area contributed by atoms with Crippen LogP contribution in [0.25, 0.3) is 0 Å². The maximum absolute atomic E-state index is 12.4. The molecule has 24 heavy (non-hydrogen) atoms. The average molecular weight is 365 g/mol. The van der Waals surface area contributed by atoms with Crippen LogP contribution in [-0.4, -0.2) is 21.5 Å². The normalized spacial score (nSPS) is 15.8. The Labute approximate surface area is 148 Å². The van der Waals surface area contributed by atoms with Gasteiger partial charge in [0.2, 0.25) is 0 Å². The average Bonchev–Trinajstić information content (AvgIpc) is 2.84. The van der Waals surface area contributed by atoms with Crippen molar-refractivity contribution in [3.05, 3.63) is 53.6 Å². The van der Waals surface area contributed by atoms with E-state index in [0.717, 1.165) is 18.8 Å². The van der Waals surface area contributed by atoms with Crippen LogP contribution in [0.15, 0.2) is 53.4 Å². The van der Waals surface area contributed by atoms with Gasteiger partial charge in [0.1, 0.15) is 0 Å². The van der Waals surface area contributed by atoms with Crippen molar-refractivity contribution in [3.63, 3.8) is 0 Å². The Hall–Kier alpha value is -1.72. The summed E-state index contributed by atoms with van der Waals surface area (Å²) in [6, 6.07) is 13.8. The van der Waals surface area contributed by atoms with Crippen molar-refractivity contribution in [2.24, 2.45) is 0 Å². The van der Waals surface area contributed by atoms with Gasteiger partial charge in [0.05, 0.1) is 4.90 Å². The number of rotatable bonds is 4. The van der Waals surface area contributed by atoms with Gasteiger partial charge in [-0.05, 0) is 55.3 Å². The molecule has 0 aromatic heterocycles. The Morgan fingerprint density at radius 1 is 0.917 bits per heavy atom. The van der Waals surface area contributed by atoms with E-state index in [1.54, 1.807) is 12.1 Å². The lowest BCUT2D eigenvalue weighted by Crippen LogP contribution is -2.23. The molecule has 3 rings (SSSR count). The van der Waals surface area contributed by atoms with Crippen LogP contribution in [0.5, 0.6) is 0 Å². The van der Waals surface area contributed by atoms with Gasteiger partial charge in [-0.1, -0.05) is 30.5 Å². The minimum absolute atomic E-state index is 0.159. The maximum Gasteiger partial charge on any atom is 0.261 e. The predicted octanol–water partition coefficient (Wildman–Crippen LogP) is 4.52. The molecule has 2 aromatic carbocycles. The van der Waals surface area contributed by atoms with Gasteiger partial charge in [-0.25, -0.2) is 8.42 Å². The Bertz CT molecular complexity index is 783. The largest absolute Gasteiger partial charge is 0.372 e. The molecule has 1 saturated heterocycles. The van der Waals surface area contributed by atoms with Crippen LogP contribution in [0, 0.1) is 0 Å². The fourth-order valence-corrected chi connectivity index (χ4v) is 4.28. The van der Waals surface area contributed by atoms with E-state index < -0.39 is 10.0 Å². The third-order valence-electron chi connectivity index (χ3n) is 4.20. The first-order valence-corrected chi connectivity index (χ1v) is 10.0. The number of nitrogens with one attached hydrogen (secondary N) is 1. The van der Waals surface area contributed by atoms with Gasteiger partial charge in [0.25, 0.3) is 10.0 Å². The van der Waals surface area contributed by atoms with Crippen LogP contribution in [-0.2, 0) is 10.0 Å². The van der Waals surface area contributed by atoms with E-state index in [1.165, 1.54) is 37.8 Å². The number of benzene rings is 2. The quantitative estimate of drug-likeness (QED) is 0.867. The SMILES string of the molecule is O=S(=O)(Nc1ccc(N2CCCCCC2)cc1)c1cccc(Cl)c1. The molecule has 6 heteroatoms. The first-order valence-electron chi connectivity index (χ1n) is 8.18. The highest BCUT2D eigenvalue weighted by Gasteiger charge is 2.15. The maximum atomic E-state index is 12.4. The monoisotopic (exact) mass is 364 g/mol. The van der Waals surface area contributed by atoms with Crippen LogP contribution >= 0.6 is 11.6 Å². The molecule has 2 aromatic rings. The lowest BCUT2D eigenvalue weighted by Gasteiger charge is -2.22. The van der Waals surface area contributed by atoms with E-state index in [9.17, 15) is 8.42 Å². The van der Waals surface area contributed by atoms with Crippen LogP contribution in [0.2, 0.25) is 5.02 Å². The molecule has 0 saturated carbocycles. The zero-order chi connectivity index (χ0) is 17.0. The summed E-state index contributed by atoms with van der Waals surface area (Å²) >= 11 is 5.88. The molecule has 1 fully saturated rings.